The highest BCUT2D eigenvalue weighted by atomic mass is 79.9. The molecule has 0 fully saturated rings. The van der Waals surface area contributed by atoms with Crippen molar-refractivity contribution in [2.24, 2.45) is 0 Å². The molecule has 1 aromatic carbocycles. The van der Waals surface area contributed by atoms with Crippen LogP contribution >= 0.6 is 15.9 Å². The van der Waals surface area contributed by atoms with Gasteiger partial charge in [0.2, 0.25) is 0 Å². The van der Waals surface area contributed by atoms with E-state index in [1.54, 1.807) is 18.2 Å². The van der Waals surface area contributed by atoms with Crippen molar-refractivity contribution in [3.05, 3.63) is 34.1 Å². The molecule has 1 aromatic rings. The molecule has 0 amide bonds. The van der Waals surface area contributed by atoms with E-state index >= 15 is 0 Å². The molecule has 0 aromatic heterocycles. The summed E-state index contributed by atoms with van der Waals surface area (Å²) in [4.78, 5) is 0. The Morgan fingerprint density at radius 2 is 2.25 bits per heavy atom. The first-order valence-electron chi connectivity index (χ1n) is 3.49. The molecular formula is C9H9BrFN. The summed E-state index contributed by atoms with van der Waals surface area (Å²) < 4.78 is 13.9. The van der Waals surface area contributed by atoms with Gasteiger partial charge in [-0.25, -0.2) is 4.39 Å². The number of rotatable bonds is 1. The summed E-state index contributed by atoms with van der Waals surface area (Å²) in [5.74, 6) is -0.297. The molecule has 0 unspecified atom stereocenters. The van der Waals surface area contributed by atoms with Crippen LogP contribution in [-0.2, 0) is 0 Å². The van der Waals surface area contributed by atoms with Gasteiger partial charge in [0.05, 0.1) is 0 Å². The Kier molecular flexibility index (Phi) is 2.87. The lowest BCUT2D eigenvalue weighted by Crippen LogP contribution is -1.92. The first-order chi connectivity index (χ1) is 5.61. The molecule has 64 valence electrons. The van der Waals surface area contributed by atoms with Gasteiger partial charge < -0.3 is 5.73 Å². The largest absolute Gasteiger partial charge is 0.398 e. The monoisotopic (exact) mass is 229 g/mol. The van der Waals surface area contributed by atoms with Crippen molar-refractivity contribution < 1.29 is 4.39 Å². The zero-order valence-electron chi connectivity index (χ0n) is 6.64. The highest BCUT2D eigenvalue weighted by Crippen LogP contribution is 2.20. The Bertz CT molecular complexity index is 296. The van der Waals surface area contributed by atoms with E-state index < -0.39 is 0 Å². The molecule has 3 heteroatoms. The third-order valence-corrected chi connectivity index (χ3v) is 1.66. The number of halogens is 2. The second-order valence-electron chi connectivity index (χ2n) is 2.47. The van der Waals surface area contributed by atoms with Crippen molar-refractivity contribution in [2.75, 3.05) is 5.73 Å². The smallest absolute Gasteiger partial charge is 0.132 e. The minimum atomic E-state index is -0.297. The fourth-order valence-electron chi connectivity index (χ4n) is 0.905. The van der Waals surface area contributed by atoms with E-state index in [1.807, 2.05) is 6.92 Å². The van der Waals surface area contributed by atoms with Gasteiger partial charge >= 0.3 is 0 Å². The molecule has 0 heterocycles. The molecule has 12 heavy (non-hydrogen) atoms. The van der Waals surface area contributed by atoms with Crippen molar-refractivity contribution in [1.82, 2.24) is 0 Å². The summed E-state index contributed by atoms with van der Waals surface area (Å²) in [6, 6.07) is 4.65. The van der Waals surface area contributed by atoms with Crippen LogP contribution in [0.5, 0.6) is 0 Å². The number of allylic oxidation sites excluding steroid dienone is 1. The molecule has 1 rings (SSSR count). The molecule has 0 atom stereocenters. The van der Waals surface area contributed by atoms with Crippen molar-refractivity contribution in [2.45, 2.75) is 6.92 Å². The second-order valence-corrected chi connectivity index (χ2v) is 3.72. The zero-order valence-corrected chi connectivity index (χ0v) is 8.23. The molecule has 1 nitrogen and oxygen atoms in total. The van der Waals surface area contributed by atoms with Crippen LogP contribution in [0.1, 0.15) is 12.5 Å². The normalized spacial score (nSPS) is 11.8. The van der Waals surface area contributed by atoms with Crippen molar-refractivity contribution in [1.29, 1.82) is 0 Å². The number of benzene rings is 1. The lowest BCUT2D eigenvalue weighted by molar-refractivity contribution is 0.626. The van der Waals surface area contributed by atoms with Crippen LogP contribution in [0.2, 0.25) is 0 Å². The summed E-state index contributed by atoms with van der Waals surface area (Å²) in [6.07, 6.45) is 1.66. The molecule has 2 N–H and O–H groups in total. The van der Waals surface area contributed by atoms with Gasteiger partial charge in [-0.05, 0) is 29.6 Å². The van der Waals surface area contributed by atoms with E-state index in [4.69, 9.17) is 5.73 Å². The Morgan fingerprint density at radius 3 is 2.75 bits per heavy atom. The van der Waals surface area contributed by atoms with Gasteiger partial charge in [-0.15, -0.1) is 0 Å². The lowest BCUT2D eigenvalue weighted by Gasteiger charge is -2.01. The topological polar surface area (TPSA) is 26.0 Å². The maximum atomic E-state index is 13.1. The second kappa shape index (κ2) is 3.72. The highest BCUT2D eigenvalue weighted by Gasteiger charge is 2.01. The van der Waals surface area contributed by atoms with E-state index in [0.29, 0.717) is 11.3 Å². The van der Waals surface area contributed by atoms with Gasteiger partial charge in [-0.3, -0.25) is 0 Å². The summed E-state index contributed by atoms with van der Waals surface area (Å²) in [5.41, 5.74) is 6.45. The predicted molar refractivity (Wildman–Crippen MR) is 53.4 cm³/mol. The molecule has 0 aliphatic carbocycles. The number of nitrogens with two attached hydrogens (primary N) is 1. The first kappa shape index (κ1) is 9.26. The quantitative estimate of drug-likeness (QED) is 0.736. The summed E-state index contributed by atoms with van der Waals surface area (Å²) in [6.45, 7) is 1.83. The van der Waals surface area contributed by atoms with Gasteiger partial charge in [-0.2, -0.15) is 0 Å². The van der Waals surface area contributed by atoms with E-state index in [2.05, 4.69) is 15.9 Å². The number of hydrogen-bond acceptors (Lipinski definition) is 1. The minimum absolute atomic E-state index is 0.297. The van der Waals surface area contributed by atoms with E-state index in [-0.39, 0.29) is 5.82 Å². The Labute approximate surface area is 79.2 Å². The van der Waals surface area contributed by atoms with Crippen LogP contribution in [0.25, 0.3) is 6.08 Å². The molecule has 0 aliphatic rings. The lowest BCUT2D eigenvalue weighted by atomic mass is 10.1. The van der Waals surface area contributed by atoms with Crippen LogP contribution < -0.4 is 5.73 Å². The molecule has 0 radical (unpaired) electrons. The Morgan fingerprint density at radius 1 is 1.58 bits per heavy atom. The number of hydrogen-bond donors (Lipinski definition) is 1. The van der Waals surface area contributed by atoms with Gasteiger partial charge in [-0.1, -0.05) is 22.0 Å². The standard InChI is InChI=1S/C9H9BrFN/c1-6(10)5-7-8(11)3-2-4-9(7)12/h2-5H,12H2,1H3/b6-5-. The molecule has 0 saturated carbocycles. The fourth-order valence-corrected chi connectivity index (χ4v) is 1.13. The van der Waals surface area contributed by atoms with Crippen LogP contribution in [-0.4, -0.2) is 0 Å². The van der Waals surface area contributed by atoms with Crippen molar-refractivity contribution in [3.8, 4) is 0 Å². The molecule has 0 bridgehead atoms. The average Bonchev–Trinajstić information content (AvgIpc) is 1.97. The number of anilines is 1. The van der Waals surface area contributed by atoms with E-state index in [1.165, 1.54) is 6.07 Å². The van der Waals surface area contributed by atoms with Gasteiger partial charge in [0.1, 0.15) is 5.82 Å². The van der Waals surface area contributed by atoms with Crippen LogP contribution in [0.4, 0.5) is 10.1 Å². The third-order valence-electron chi connectivity index (χ3n) is 1.43. The SMILES string of the molecule is C/C(Br)=C/c1c(N)cccc1F. The van der Waals surface area contributed by atoms with Gasteiger partial charge in [0.15, 0.2) is 0 Å². The summed E-state index contributed by atoms with van der Waals surface area (Å²) >= 11 is 3.22. The molecular weight excluding hydrogens is 221 g/mol. The third kappa shape index (κ3) is 2.08. The maximum absolute atomic E-state index is 13.1. The molecule has 0 aliphatic heterocycles. The summed E-state index contributed by atoms with van der Waals surface area (Å²) in [7, 11) is 0. The van der Waals surface area contributed by atoms with Crippen LogP contribution in [0.3, 0.4) is 0 Å². The molecule has 0 saturated heterocycles. The fraction of sp³-hybridized carbons (Fsp3) is 0.111. The highest BCUT2D eigenvalue weighted by molar-refractivity contribution is 9.11. The average molecular weight is 230 g/mol. The van der Waals surface area contributed by atoms with Crippen LogP contribution in [0, 0.1) is 5.82 Å². The van der Waals surface area contributed by atoms with Gasteiger partial charge in [0.25, 0.3) is 0 Å². The van der Waals surface area contributed by atoms with Crippen molar-refractivity contribution >= 4 is 27.7 Å². The maximum Gasteiger partial charge on any atom is 0.132 e. The summed E-state index contributed by atoms with van der Waals surface area (Å²) in [5, 5.41) is 0. The minimum Gasteiger partial charge on any atom is -0.398 e. The van der Waals surface area contributed by atoms with E-state index in [0.717, 1.165) is 4.48 Å². The van der Waals surface area contributed by atoms with Crippen LogP contribution in [0.15, 0.2) is 22.7 Å². The Balaban J connectivity index is 3.22. The number of nitrogen functional groups attached to an aromatic ring is 1. The zero-order chi connectivity index (χ0) is 9.14. The predicted octanol–water partition coefficient (Wildman–Crippen LogP) is 3.16. The Hall–Kier alpha value is -0.830. The molecule has 0 spiro atoms. The van der Waals surface area contributed by atoms with Crippen molar-refractivity contribution in [3.63, 3.8) is 0 Å². The van der Waals surface area contributed by atoms with E-state index in [9.17, 15) is 4.39 Å². The first-order valence-corrected chi connectivity index (χ1v) is 4.28. The van der Waals surface area contributed by atoms with Gasteiger partial charge in [0, 0.05) is 11.3 Å².